The van der Waals surface area contributed by atoms with Crippen molar-refractivity contribution in [2.75, 3.05) is 13.2 Å². The van der Waals surface area contributed by atoms with E-state index in [9.17, 15) is 5.11 Å². The lowest BCUT2D eigenvalue weighted by atomic mass is 9.94. The highest BCUT2D eigenvalue weighted by Gasteiger charge is 2.23. The Labute approximate surface area is 125 Å². The largest absolute Gasteiger partial charge is 0.508 e. The van der Waals surface area contributed by atoms with Crippen LogP contribution in [0.1, 0.15) is 24.0 Å². The third-order valence-electron chi connectivity index (χ3n) is 3.77. The van der Waals surface area contributed by atoms with Crippen LogP contribution in [0.3, 0.4) is 0 Å². The normalized spacial score (nSPS) is 18.2. The number of hydrogen-bond acceptors (Lipinski definition) is 3. The van der Waals surface area contributed by atoms with Gasteiger partial charge in [-0.15, -0.1) is 0 Å². The van der Waals surface area contributed by atoms with Crippen LogP contribution in [0, 0.1) is 0 Å². The van der Waals surface area contributed by atoms with Crippen molar-refractivity contribution in [3.05, 3.63) is 59.7 Å². The summed E-state index contributed by atoms with van der Waals surface area (Å²) in [5.74, 6) is 1.63. The number of phenols is 1. The van der Waals surface area contributed by atoms with Gasteiger partial charge in [0.05, 0.1) is 6.61 Å². The molecule has 2 aromatic carbocycles. The number of rotatable bonds is 6. The fraction of sp³-hybridized carbons (Fsp3) is 0.333. The number of benzene rings is 2. The zero-order valence-corrected chi connectivity index (χ0v) is 12.2. The second-order valence-electron chi connectivity index (χ2n) is 5.61. The molecule has 110 valence electrons. The summed E-state index contributed by atoms with van der Waals surface area (Å²) in [4.78, 5) is 0. The fourth-order valence-corrected chi connectivity index (χ4v) is 2.35. The van der Waals surface area contributed by atoms with E-state index in [-0.39, 0.29) is 6.10 Å². The van der Waals surface area contributed by atoms with Gasteiger partial charge in [0.2, 0.25) is 0 Å². The van der Waals surface area contributed by atoms with Gasteiger partial charge in [0, 0.05) is 0 Å². The Kier molecular flexibility index (Phi) is 4.11. The molecule has 3 heteroatoms. The molecule has 1 heterocycles. The van der Waals surface area contributed by atoms with E-state index in [1.54, 1.807) is 12.1 Å². The van der Waals surface area contributed by atoms with Crippen LogP contribution in [-0.4, -0.2) is 24.4 Å². The van der Waals surface area contributed by atoms with Gasteiger partial charge < -0.3 is 14.6 Å². The van der Waals surface area contributed by atoms with Crippen molar-refractivity contribution in [3.63, 3.8) is 0 Å². The van der Waals surface area contributed by atoms with Gasteiger partial charge >= 0.3 is 0 Å². The average molecular weight is 284 g/mol. The van der Waals surface area contributed by atoms with Crippen LogP contribution in [0.4, 0.5) is 0 Å². The second kappa shape index (κ2) is 6.19. The molecule has 2 unspecified atom stereocenters. The first kappa shape index (κ1) is 14.0. The molecule has 0 saturated carbocycles. The van der Waals surface area contributed by atoms with E-state index in [2.05, 4.69) is 19.1 Å². The predicted octanol–water partition coefficient (Wildman–Crippen LogP) is 3.52. The number of aromatic hydroxyl groups is 1. The molecule has 1 fully saturated rings. The summed E-state index contributed by atoms with van der Waals surface area (Å²) in [5, 5.41) is 9.31. The van der Waals surface area contributed by atoms with Gasteiger partial charge in [-0.25, -0.2) is 0 Å². The van der Waals surface area contributed by atoms with Gasteiger partial charge in [-0.3, -0.25) is 0 Å². The van der Waals surface area contributed by atoms with E-state index in [4.69, 9.17) is 9.47 Å². The first-order valence-electron chi connectivity index (χ1n) is 7.33. The molecule has 3 nitrogen and oxygen atoms in total. The van der Waals surface area contributed by atoms with Gasteiger partial charge in [-0.1, -0.05) is 31.2 Å². The van der Waals surface area contributed by atoms with Gasteiger partial charge in [-0.05, 0) is 47.7 Å². The zero-order valence-electron chi connectivity index (χ0n) is 12.2. The lowest BCUT2D eigenvalue weighted by Crippen LogP contribution is -2.04. The van der Waals surface area contributed by atoms with Crippen LogP contribution in [0.15, 0.2) is 48.5 Å². The SMILES string of the molecule is CC(Cc1ccc(O)cc1)c1ccc(OCC2CO2)cc1. The Morgan fingerprint density at radius 2 is 1.81 bits per heavy atom. The first-order chi connectivity index (χ1) is 10.2. The van der Waals surface area contributed by atoms with Crippen LogP contribution in [0.2, 0.25) is 0 Å². The van der Waals surface area contributed by atoms with Crippen molar-refractivity contribution >= 4 is 0 Å². The molecule has 3 rings (SSSR count). The maximum absolute atomic E-state index is 9.31. The summed E-state index contributed by atoms with van der Waals surface area (Å²) < 4.78 is 10.8. The topological polar surface area (TPSA) is 42.0 Å². The highest BCUT2D eigenvalue weighted by atomic mass is 16.6. The molecule has 0 bridgehead atoms. The number of hydrogen-bond donors (Lipinski definition) is 1. The van der Waals surface area contributed by atoms with Gasteiger partial charge in [-0.2, -0.15) is 0 Å². The molecule has 0 aromatic heterocycles. The van der Waals surface area contributed by atoms with Gasteiger partial charge in [0.25, 0.3) is 0 Å². The van der Waals surface area contributed by atoms with E-state index in [0.717, 1.165) is 18.8 Å². The molecule has 0 amide bonds. The standard InChI is InChI=1S/C18H20O3/c1-13(10-14-2-6-16(19)7-3-14)15-4-8-17(9-5-15)20-11-18-12-21-18/h2-9,13,18-19H,10-12H2,1H3. The molecule has 0 spiro atoms. The minimum Gasteiger partial charge on any atom is -0.508 e. The van der Waals surface area contributed by atoms with Crippen molar-refractivity contribution in [1.82, 2.24) is 0 Å². The lowest BCUT2D eigenvalue weighted by molar-refractivity contribution is 0.263. The van der Waals surface area contributed by atoms with E-state index < -0.39 is 0 Å². The zero-order chi connectivity index (χ0) is 14.7. The van der Waals surface area contributed by atoms with E-state index in [1.165, 1.54) is 11.1 Å². The van der Waals surface area contributed by atoms with Gasteiger partial charge in [0.15, 0.2) is 0 Å². The van der Waals surface area contributed by atoms with E-state index >= 15 is 0 Å². The van der Waals surface area contributed by atoms with Crippen molar-refractivity contribution in [2.24, 2.45) is 0 Å². The minimum absolute atomic E-state index is 0.290. The Bertz CT molecular complexity index is 570. The molecule has 0 radical (unpaired) electrons. The third kappa shape index (κ3) is 3.99. The molecule has 2 aromatic rings. The summed E-state index contributed by atoms with van der Waals surface area (Å²) >= 11 is 0. The van der Waals surface area contributed by atoms with Crippen molar-refractivity contribution < 1.29 is 14.6 Å². The molecule has 21 heavy (non-hydrogen) atoms. The second-order valence-corrected chi connectivity index (χ2v) is 5.61. The van der Waals surface area contributed by atoms with Crippen molar-refractivity contribution in [3.8, 4) is 11.5 Å². The van der Waals surface area contributed by atoms with Crippen molar-refractivity contribution in [2.45, 2.75) is 25.4 Å². The third-order valence-corrected chi connectivity index (χ3v) is 3.77. The summed E-state index contributed by atoms with van der Waals surface area (Å²) in [6.45, 7) is 3.67. The smallest absolute Gasteiger partial charge is 0.119 e. The van der Waals surface area contributed by atoms with Crippen molar-refractivity contribution in [1.29, 1.82) is 0 Å². The Hall–Kier alpha value is -2.00. The summed E-state index contributed by atoms with van der Waals surface area (Å²) in [6.07, 6.45) is 1.24. The fourth-order valence-electron chi connectivity index (χ4n) is 2.35. The molecule has 1 aliphatic rings. The maximum atomic E-state index is 9.31. The monoisotopic (exact) mass is 284 g/mol. The summed E-state index contributed by atoms with van der Waals surface area (Å²) in [5.41, 5.74) is 2.52. The first-order valence-corrected chi connectivity index (χ1v) is 7.33. The Balaban J connectivity index is 1.58. The number of ether oxygens (including phenoxy) is 2. The molecule has 0 aliphatic carbocycles. The summed E-state index contributed by atoms with van der Waals surface area (Å²) in [6, 6.07) is 15.7. The van der Waals surface area contributed by atoms with Crippen LogP contribution in [0.5, 0.6) is 11.5 Å². The number of epoxide rings is 1. The molecular weight excluding hydrogens is 264 g/mol. The maximum Gasteiger partial charge on any atom is 0.119 e. The summed E-state index contributed by atoms with van der Waals surface area (Å²) in [7, 11) is 0. The molecule has 1 N–H and O–H groups in total. The molecule has 1 aliphatic heterocycles. The lowest BCUT2D eigenvalue weighted by Gasteiger charge is -2.13. The highest BCUT2D eigenvalue weighted by Crippen LogP contribution is 2.24. The van der Waals surface area contributed by atoms with Crippen LogP contribution in [0.25, 0.3) is 0 Å². The minimum atomic E-state index is 0.290. The van der Waals surface area contributed by atoms with E-state index in [1.807, 2.05) is 24.3 Å². The molecule has 2 atom stereocenters. The Morgan fingerprint density at radius 3 is 2.43 bits per heavy atom. The number of phenolic OH excluding ortho intramolecular Hbond substituents is 1. The van der Waals surface area contributed by atoms with E-state index in [0.29, 0.717) is 18.3 Å². The molecular formula is C18H20O3. The van der Waals surface area contributed by atoms with Crippen LogP contribution >= 0.6 is 0 Å². The predicted molar refractivity (Wildman–Crippen MR) is 81.9 cm³/mol. The van der Waals surface area contributed by atoms with Crippen LogP contribution in [-0.2, 0) is 11.2 Å². The van der Waals surface area contributed by atoms with Crippen LogP contribution < -0.4 is 4.74 Å². The Morgan fingerprint density at radius 1 is 1.14 bits per heavy atom. The van der Waals surface area contributed by atoms with Gasteiger partial charge in [0.1, 0.15) is 24.2 Å². The molecule has 1 saturated heterocycles. The average Bonchev–Trinajstić information content (AvgIpc) is 3.32. The quantitative estimate of drug-likeness (QED) is 0.825. The highest BCUT2D eigenvalue weighted by molar-refractivity contribution is 5.32.